The summed E-state index contributed by atoms with van der Waals surface area (Å²) in [5, 5.41) is 11.4. The van der Waals surface area contributed by atoms with Gasteiger partial charge in [0.15, 0.2) is 0 Å². The third-order valence-electron chi connectivity index (χ3n) is 1.93. The van der Waals surface area contributed by atoms with E-state index in [9.17, 15) is 9.59 Å². The maximum atomic E-state index is 11.8. The molecule has 0 bridgehead atoms. The van der Waals surface area contributed by atoms with Crippen LogP contribution >= 0.6 is 34.2 Å². The van der Waals surface area contributed by atoms with Crippen molar-refractivity contribution in [3.05, 3.63) is 32.4 Å². The Labute approximate surface area is 123 Å². The molecule has 1 aromatic carbocycles. The largest absolute Gasteiger partial charge is 0.480 e. The fourth-order valence-corrected chi connectivity index (χ4v) is 1.92. The third-order valence-corrected chi connectivity index (χ3v) is 3.11. The zero-order valence-corrected chi connectivity index (χ0v) is 12.2. The van der Waals surface area contributed by atoms with Crippen LogP contribution in [0.4, 0.5) is 0 Å². The summed E-state index contributed by atoms with van der Waals surface area (Å²) >= 11 is 7.85. The highest BCUT2D eigenvalue weighted by Crippen LogP contribution is 2.17. The Hall–Kier alpha value is -0.860. The molecule has 0 aliphatic heterocycles. The fraction of sp³-hybridized carbons (Fsp3) is 0.273. The van der Waals surface area contributed by atoms with Crippen LogP contribution in [0.15, 0.2) is 18.2 Å². The van der Waals surface area contributed by atoms with Crippen molar-refractivity contribution >= 4 is 46.1 Å². The molecule has 0 aliphatic rings. The van der Waals surface area contributed by atoms with Crippen LogP contribution in [0.5, 0.6) is 0 Å². The van der Waals surface area contributed by atoms with Crippen LogP contribution in [-0.4, -0.2) is 36.7 Å². The molecule has 0 saturated carbocycles. The molecule has 0 aliphatic carbocycles. The summed E-state index contributed by atoms with van der Waals surface area (Å²) in [6.07, 6.45) is 0. The van der Waals surface area contributed by atoms with E-state index in [2.05, 4.69) is 5.32 Å². The molecule has 1 aromatic rings. The molecule has 0 aromatic heterocycles. The van der Waals surface area contributed by atoms with Gasteiger partial charge in [0.1, 0.15) is 6.61 Å². The normalized spacial score (nSPS) is 10.1. The van der Waals surface area contributed by atoms with Gasteiger partial charge in [-0.25, -0.2) is 4.79 Å². The van der Waals surface area contributed by atoms with Gasteiger partial charge in [-0.1, -0.05) is 11.6 Å². The second kappa shape index (κ2) is 7.55. The minimum atomic E-state index is -1.04. The van der Waals surface area contributed by atoms with Gasteiger partial charge < -0.3 is 15.2 Å². The summed E-state index contributed by atoms with van der Waals surface area (Å²) < 4.78 is 5.59. The predicted octanol–water partition coefficient (Wildman–Crippen LogP) is 1.78. The van der Waals surface area contributed by atoms with Crippen molar-refractivity contribution < 1.29 is 19.4 Å². The van der Waals surface area contributed by atoms with Crippen molar-refractivity contribution in [2.45, 2.75) is 0 Å². The lowest BCUT2D eigenvalue weighted by Gasteiger charge is -2.07. The number of carbonyl (C=O) groups excluding carboxylic acids is 1. The highest BCUT2D eigenvalue weighted by molar-refractivity contribution is 14.1. The van der Waals surface area contributed by atoms with E-state index in [1.807, 2.05) is 22.6 Å². The van der Waals surface area contributed by atoms with Gasteiger partial charge in [-0.05, 0) is 40.8 Å². The fourth-order valence-electron chi connectivity index (χ4n) is 1.16. The monoisotopic (exact) mass is 383 g/mol. The molecule has 18 heavy (non-hydrogen) atoms. The number of amides is 1. The number of aliphatic carboxylic acids is 1. The highest BCUT2D eigenvalue weighted by Gasteiger charge is 2.09. The predicted molar refractivity (Wildman–Crippen MR) is 75.0 cm³/mol. The van der Waals surface area contributed by atoms with Crippen molar-refractivity contribution in [1.29, 1.82) is 0 Å². The molecule has 0 atom stereocenters. The molecule has 1 amide bonds. The summed E-state index contributed by atoms with van der Waals surface area (Å²) in [6, 6.07) is 5.03. The smallest absolute Gasteiger partial charge is 0.329 e. The van der Waals surface area contributed by atoms with Gasteiger partial charge in [0.2, 0.25) is 0 Å². The van der Waals surface area contributed by atoms with Gasteiger partial charge in [-0.3, -0.25) is 4.79 Å². The van der Waals surface area contributed by atoms with E-state index in [4.69, 9.17) is 21.4 Å². The Bertz CT molecular complexity index is 453. The maximum absolute atomic E-state index is 11.8. The van der Waals surface area contributed by atoms with Crippen LogP contribution in [0.2, 0.25) is 5.02 Å². The first kappa shape index (κ1) is 15.2. The van der Waals surface area contributed by atoms with Gasteiger partial charge in [0.25, 0.3) is 5.91 Å². The Balaban J connectivity index is 2.41. The van der Waals surface area contributed by atoms with Crippen LogP contribution in [0, 0.1) is 3.57 Å². The van der Waals surface area contributed by atoms with E-state index in [0.29, 0.717) is 10.6 Å². The van der Waals surface area contributed by atoms with E-state index in [-0.39, 0.29) is 25.7 Å². The molecule has 7 heteroatoms. The van der Waals surface area contributed by atoms with Crippen LogP contribution in [0.3, 0.4) is 0 Å². The summed E-state index contributed by atoms with van der Waals surface area (Å²) in [7, 11) is 0. The number of carboxylic acid groups (broad SMARTS) is 1. The Morgan fingerprint density at radius 2 is 2.17 bits per heavy atom. The number of hydrogen-bond acceptors (Lipinski definition) is 3. The van der Waals surface area contributed by atoms with Gasteiger partial charge in [-0.15, -0.1) is 0 Å². The zero-order chi connectivity index (χ0) is 13.5. The lowest BCUT2D eigenvalue weighted by Crippen LogP contribution is -2.28. The number of carboxylic acids is 1. The molecule has 1 rings (SSSR count). The van der Waals surface area contributed by atoms with Crippen molar-refractivity contribution in [3.8, 4) is 0 Å². The number of nitrogens with one attached hydrogen (secondary N) is 1. The van der Waals surface area contributed by atoms with Crippen LogP contribution < -0.4 is 5.32 Å². The van der Waals surface area contributed by atoms with Crippen molar-refractivity contribution in [3.63, 3.8) is 0 Å². The van der Waals surface area contributed by atoms with Gasteiger partial charge in [0, 0.05) is 15.1 Å². The first-order valence-corrected chi connectivity index (χ1v) is 6.49. The molecule has 0 radical (unpaired) electrons. The quantitative estimate of drug-likeness (QED) is 0.580. The highest BCUT2D eigenvalue weighted by atomic mass is 127. The van der Waals surface area contributed by atoms with Crippen LogP contribution in [-0.2, 0) is 9.53 Å². The molecule has 2 N–H and O–H groups in total. The second-order valence-electron chi connectivity index (χ2n) is 3.33. The Morgan fingerprint density at radius 3 is 2.83 bits per heavy atom. The minimum absolute atomic E-state index is 0.148. The zero-order valence-electron chi connectivity index (χ0n) is 9.28. The molecular weight excluding hydrogens is 372 g/mol. The summed E-state index contributed by atoms with van der Waals surface area (Å²) in [5.41, 5.74) is 0.487. The molecule has 5 nitrogen and oxygen atoms in total. The molecule has 98 valence electrons. The van der Waals surface area contributed by atoms with E-state index < -0.39 is 5.97 Å². The molecule has 0 heterocycles. The molecule has 0 fully saturated rings. The third kappa shape index (κ3) is 5.19. The SMILES string of the molecule is O=C(O)COCCNC(=O)c1cc(Cl)ccc1I. The first-order chi connectivity index (χ1) is 8.50. The molecule has 0 unspecified atom stereocenters. The van der Waals surface area contributed by atoms with Gasteiger partial charge in [0.05, 0.1) is 12.2 Å². The van der Waals surface area contributed by atoms with Gasteiger partial charge in [-0.2, -0.15) is 0 Å². The molecule has 0 spiro atoms. The molecule has 0 saturated heterocycles. The summed E-state index contributed by atoms with van der Waals surface area (Å²) in [6.45, 7) is 0.0223. The lowest BCUT2D eigenvalue weighted by atomic mass is 10.2. The number of halogens is 2. The van der Waals surface area contributed by atoms with Crippen molar-refractivity contribution in [1.82, 2.24) is 5.32 Å². The van der Waals surface area contributed by atoms with Gasteiger partial charge >= 0.3 is 5.97 Å². The lowest BCUT2D eigenvalue weighted by molar-refractivity contribution is -0.142. The van der Waals surface area contributed by atoms with Crippen molar-refractivity contribution in [2.75, 3.05) is 19.8 Å². The number of benzene rings is 1. The Morgan fingerprint density at radius 1 is 1.44 bits per heavy atom. The average Bonchev–Trinajstić information content (AvgIpc) is 2.31. The minimum Gasteiger partial charge on any atom is -0.480 e. The number of ether oxygens (including phenoxy) is 1. The van der Waals surface area contributed by atoms with Crippen molar-refractivity contribution in [2.24, 2.45) is 0 Å². The average molecular weight is 384 g/mol. The summed E-state index contributed by atoms with van der Waals surface area (Å²) in [5.74, 6) is -1.30. The topological polar surface area (TPSA) is 75.6 Å². The Kier molecular flexibility index (Phi) is 6.37. The number of rotatable bonds is 6. The first-order valence-electron chi connectivity index (χ1n) is 5.03. The maximum Gasteiger partial charge on any atom is 0.329 e. The van der Waals surface area contributed by atoms with E-state index in [1.54, 1.807) is 18.2 Å². The standard InChI is InChI=1S/C11H11ClINO4/c12-7-1-2-9(13)8(5-7)11(17)14-3-4-18-6-10(15)16/h1-2,5H,3-4,6H2,(H,14,17)(H,15,16). The summed E-state index contributed by atoms with van der Waals surface area (Å²) in [4.78, 5) is 21.9. The number of carbonyl (C=O) groups is 2. The van der Waals surface area contributed by atoms with Crippen LogP contribution in [0.1, 0.15) is 10.4 Å². The number of hydrogen-bond donors (Lipinski definition) is 2. The van der Waals surface area contributed by atoms with E-state index in [0.717, 1.165) is 3.57 Å². The van der Waals surface area contributed by atoms with Crippen LogP contribution in [0.25, 0.3) is 0 Å². The van der Waals surface area contributed by atoms with E-state index in [1.165, 1.54) is 0 Å². The van der Waals surface area contributed by atoms with E-state index >= 15 is 0 Å². The molecular formula is C11H11ClINO4. The second-order valence-corrected chi connectivity index (χ2v) is 4.93.